The van der Waals surface area contributed by atoms with Crippen molar-refractivity contribution in [3.63, 3.8) is 0 Å². The molecule has 2 rings (SSSR count). The normalized spacial score (nSPS) is 21.5. The molecule has 6 heteroatoms. The Hall–Kier alpha value is -1.20. The maximum Gasteiger partial charge on any atom is 0.223 e. The van der Waals surface area contributed by atoms with E-state index in [-0.39, 0.29) is 30.3 Å². The molecule has 3 nitrogen and oxygen atoms in total. The lowest BCUT2D eigenvalue weighted by Gasteiger charge is -2.25. The quantitative estimate of drug-likeness (QED) is 0.896. The van der Waals surface area contributed by atoms with Gasteiger partial charge in [0.15, 0.2) is 0 Å². The molecule has 118 valence electrons. The van der Waals surface area contributed by atoms with Crippen LogP contribution >= 0.6 is 12.4 Å². The number of nitrogens with two attached hydrogens (primary N) is 1. The van der Waals surface area contributed by atoms with Crippen LogP contribution in [0.15, 0.2) is 18.2 Å². The van der Waals surface area contributed by atoms with Gasteiger partial charge in [-0.05, 0) is 43.4 Å². The molecule has 1 aromatic rings. The SMILES string of the molecule is Cl.NC1CCCC(C(=O)NCCc2cc(F)cc(F)c2)C1. The van der Waals surface area contributed by atoms with Crippen LogP contribution in [0, 0.1) is 17.6 Å². The Kier molecular flexibility index (Phi) is 7.05. The third-order valence-corrected chi connectivity index (χ3v) is 3.72. The minimum absolute atomic E-state index is 0. The highest BCUT2D eigenvalue weighted by Gasteiger charge is 2.24. The van der Waals surface area contributed by atoms with E-state index in [1.807, 2.05) is 0 Å². The van der Waals surface area contributed by atoms with Crippen LogP contribution in [0.1, 0.15) is 31.2 Å². The predicted molar refractivity (Wildman–Crippen MR) is 80.3 cm³/mol. The lowest BCUT2D eigenvalue weighted by Crippen LogP contribution is -2.38. The number of hydrogen-bond donors (Lipinski definition) is 2. The maximum absolute atomic E-state index is 13.0. The molecule has 1 amide bonds. The molecule has 1 aliphatic rings. The molecule has 2 atom stereocenters. The number of amides is 1. The monoisotopic (exact) mass is 318 g/mol. The summed E-state index contributed by atoms with van der Waals surface area (Å²) < 4.78 is 26.0. The second-order valence-corrected chi connectivity index (χ2v) is 5.44. The average Bonchev–Trinajstić information content (AvgIpc) is 2.37. The summed E-state index contributed by atoms with van der Waals surface area (Å²) in [6.45, 7) is 0.382. The van der Waals surface area contributed by atoms with Crippen LogP contribution in [-0.2, 0) is 11.2 Å². The van der Waals surface area contributed by atoms with Crippen LogP contribution in [0.3, 0.4) is 0 Å². The first-order valence-corrected chi connectivity index (χ1v) is 7.03. The third-order valence-electron chi connectivity index (χ3n) is 3.72. The summed E-state index contributed by atoms with van der Waals surface area (Å²) in [4.78, 5) is 12.0. The Balaban J connectivity index is 0.00000220. The van der Waals surface area contributed by atoms with Gasteiger partial charge >= 0.3 is 0 Å². The zero-order valence-corrected chi connectivity index (χ0v) is 12.6. The lowest BCUT2D eigenvalue weighted by atomic mass is 9.85. The molecule has 1 fully saturated rings. The molecule has 2 unspecified atom stereocenters. The number of carbonyl (C=O) groups is 1. The first kappa shape index (κ1) is 17.9. The van der Waals surface area contributed by atoms with Crippen LogP contribution in [0.4, 0.5) is 8.78 Å². The van der Waals surface area contributed by atoms with Crippen LogP contribution < -0.4 is 11.1 Å². The van der Waals surface area contributed by atoms with Gasteiger partial charge in [-0.3, -0.25) is 4.79 Å². The van der Waals surface area contributed by atoms with Crippen molar-refractivity contribution in [3.8, 4) is 0 Å². The summed E-state index contributed by atoms with van der Waals surface area (Å²) in [5, 5.41) is 2.82. The summed E-state index contributed by atoms with van der Waals surface area (Å²) in [6.07, 6.45) is 3.97. The van der Waals surface area contributed by atoms with E-state index in [1.54, 1.807) is 0 Å². The van der Waals surface area contributed by atoms with E-state index < -0.39 is 11.6 Å². The largest absolute Gasteiger partial charge is 0.356 e. The fourth-order valence-electron chi connectivity index (χ4n) is 2.70. The zero-order chi connectivity index (χ0) is 14.5. The molecule has 0 radical (unpaired) electrons. The van der Waals surface area contributed by atoms with Crippen molar-refractivity contribution in [2.45, 2.75) is 38.1 Å². The number of halogens is 3. The van der Waals surface area contributed by atoms with Gasteiger partial charge in [0.05, 0.1) is 0 Å². The van der Waals surface area contributed by atoms with Gasteiger partial charge in [0.25, 0.3) is 0 Å². The van der Waals surface area contributed by atoms with Gasteiger partial charge in [0.1, 0.15) is 11.6 Å². The molecule has 0 heterocycles. The summed E-state index contributed by atoms with van der Waals surface area (Å²) in [5.74, 6) is -1.21. The van der Waals surface area contributed by atoms with Gasteiger partial charge in [-0.1, -0.05) is 6.42 Å². The van der Waals surface area contributed by atoms with Crippen molar-refractivity contribution in [2.75, 3.05) is 6.54 Å². The van der Waals surface area contributed by atoms with Crippen LogP contribution in [0.5, 0.6) is 0 Å². The first-order valence-electron chi connectivity index (χ1n) is 7.03. The second-order valence-electron chi connectivity index (χ2n) is 5.44. The van der Waals surface area contributed by atoms with Crippen molar-refractivity contribution >= 4 is 18.3 Å². The number of rotatable bonds is 4. The maximum atomic E-state index is 13.0. The smallest absolute Gasteiger partial charge is 0.223 e. The van der Waals surface area contributed by atoms with Gasteiger partial charge < -0.3 is 11.1 Å². The minimum Gasteiger partial charge on any atom is -0.356 e. The number of nitrogens with one attached hydrogen (secondary N) is 1. The number of benzene rings is 1. The summed E-state index contributed by atoms with van der Waals surface area (Å²) in [7, 11) is 0. The molecule has 0 saturated heterocycles. The topological polar surface area (TPSA) is 55.1 Å². The summed E-state index contributed by atoms with van der Waals surface area (Å²) >= 11 is 0. The van der Waals surface area contributed by atoms with Crippen molar-refractivity contribution in [1.82, 2.24) is 5.32 Å². The van der Waals surface area contributed by atoms with E-state index >= 15 is 0 Å². The van der Waals surface area contributed by atoms with E-state index in [1.165, 1.54) is 12.1 Å². The Labute approximate surface area is 129 Å². The van der Waals surface area contributed by atoms with Crippen molar-refractivity contribution in [1.29, 1.82) is 0 Å². The molecule has 0 spiro atoms. The average molecular weight is 319 g/mol. The standard InChI is InChI=1S/C15H20F2N2O.ClH/c16-12-6-10(7-13(17)9-12)4-5-19-15(20)11-2-1-3-14(18)8-11;/h6-7,9,11,14H,1-5,8,18H2,(H,19,20);1H. The minimum atomic E-state index is -0.593. The Morgan fingerprint density at radius 2 is 1.90 bits per heavy atom. The molecule has 0 aliphatic heterocycles. The van der Waals surface area contributed by atoms with Crippen molar-refractivity contribution < 1.29 is 13.6 Å². The van der Waals surface area contributed by atoms with Crippen LogP contribution in [-0.4, -0.2) is 18.5 Å². The van der Waals surface area contributed by atoms with E-state index in [0.717, 1.165) is 31.7 Å². The highest BCUT2D eigenvalue weighted by molar-refractivity contribution is 5.85. The predicted octanol–water partition coefficient (Wildman–Crippen LogP) is 2.56. The van der Waals surface area contributed by atoms with E-state index in [4.69, 9.17) is 5.73 Å². The number of carbonyl (C=O) groups excluding carboxylic acids is 1. The van der Waals surface area contributed by atoms with Crippen molar-refractivity contribution in [3.05, 3.63) is 35.4 Å². The van der Waals surface area contributed by atoms with Crippen molar-refractivity contribution in [2.24, 2.45) is 11.7 Å². The molecule has 1 aromatic carbocycles. The van der Waals surface area contributed by atoms with Gasteiger partial charge in [0, 0.05) is 24.6 Å². The fourth-order valence-corrected chi connectivity index (χ4v) is 2.70. The Morgan fingerprint density at radius 1 is 1.24 bits per heavy atom. The molecule has 3 N–H and O–H groups in total. The molecule has 21 heavy (non-hydrogen) atoms. The van der Waals surface area contributed by atoms with Gasteiger partial charge in [-0.15, -0.1) is 12.4 Å². The molecular formula is C15H21ClF2N2O. The van der Waals surface area contributed by atoms with E-state index in [9.17, 15) is 13.6 Å². The molecule has 0 aromatic heterocycles. The Morgan fingerprint density at radius 3 is 2.52 bits per heavy atom. The molecule has 1 aliphatic carbocycles. The highest BCUT2D eigenvalue weighted by atomic mass is 35.5. The van der Waals surface area contributed by atoms with E-state index in [0.29, 0.717) is 18.5 Å². The Bertz CT molecular complexity index is 464. The van der Waals surface area contributed by atoms with Crippen LogP contribution in [0.2, 0.25) is 0 Å². The second kappa shape index (κ2) is 8.29. The van der Waals surface area contributed by atoms with Gasteiger partial charge in [-0.2, -0.15) is 0 Å². The van der Waals surface area contributed by atoms with Gasteiger partial charge in [-0.25, -0.2) is 8.78 Å². The van der Waals surface area contributed by atoms with Gasteiger partial charge in [0.2, 0.25) is 5.91 Å². The fraction of sp³-hybridized carbons (Fsp3) is 0.533. The molecule has 1 saturated carbocycles. The molecular weight excluding hydrogens is 298 g/mol. The lowest BCUT2D eigenvalue weighted by molar-refractivity contribution is -0.126. The first-order chi connectivity index (χ1) is 9.54. The number of hydrogen-bond acceptors (Lipinski definition) is 2. The van der Waals surface area contributed by atoms with Crippen LogP contribution in [0.25, 0.3) is 0 Å². The third kappa shape index (κ3) is 5.59. The zero-order valence-electron chi connectivity index (χ0n) is 11.8. The highest BCUT2D eigenvalue weighted by Crippen LogP contribution is 2.23. The summed E-state index contributed by atoms with van der Waals surface area (Å²) in [6, 6.07) is 3.51. The van der Waals surface area contributed by atoms with E-state index in [2.05, 4.69) is 5.32 Å². The summed E-state index contributed by atoms with van der Waals surface area (Å²) in [5.41, 5.74) is 6.40. The molecule has 0 bridgehead atoms.